The van der Waals surface area contributed by atoms with Gasteiger partial charge in [-0.2, -0.15) is 0 Å². The molecule has 0 radical (unpaired) electrons. The van der Waals surface area contributed by atoms with Gasteiger partial charge in [-0.3, -0.25) is 4.79 Å². The molecule has 0 heterocycles. The van der Waals surface area contributed by atoms with E-state index in [1.807, 2.05) is 18.2 Å². The number of hydrogen-bond donors (Lipinski definition) is 0. The molecule has 0 aliphatic heterocycles. The lowest BCUT2D eigenvalue weighted by Crippen LogP contribution is -2.06. The van der Waals surface area contributed by atoms with Gasteiger partial charge in [0.25, 0.3) is 0 Å². The van der Waals surface area contributed by atoms with Gasteiger partial charge < -0.3 is 0 Å². The molecule has 98 valence electrons. The second kappa shape index (κ2) is 5.92. The SMILES string of the molecule is O=C(Cc1ccccc1Br)c1ccc(F)c(F)c1Br. The molecule has 0 aliphatic carbocycles. The van der Waals surface area contributed by atoms with Gasteiger partial charge in [0.1, 0.15) is 0 Å². The zero-order chi connectivity index (χ0) is 14.0. The predicted octanol–water partition coefficient (Wildman–Crippen LogP) is 4.92. The molecule has 0 amide bonds. The van der Waals surface area contributed by atoms with E-state index < -0.39 is 11.6 Å². The summed E-state index contributed by atoms with van der Waals surface area (Å²) in [5.74, 6) is -2.31. The Bertz CT molecular complexity index is 641. The van der Waals surface area contributed by atoms with Gasteiger partial charge in [0.2, 0.25) is 0 Å². The Balaban J connectivity index is 2.31. The van der Waals surface area contributed by atoms with Gasteiger partial charge in [-0.1, -0.05) is 34.1 Å². The summed E-state index contributed by atoms with van der Waals surface area (Å²) in [5.41, 5.74) is 0.929. The minimum atomic E-state index is -1.04. The smallest absolute Gasteiger partial charge is 0.173 e. The molecule has 2 rings (SSSR count). The van der Waals surface area contributed by atoms with Crippen molar-refractivity contribution in [2.75, 3.05) is 0 Å². The predicted molar refractivity (Wildman–Crippen MR) is 76.2 cm³/mol. The summed E-state index contributed by atoms with van der Waals surface area (Å²) in [6.45, 7) is 0. The van der Waals surface area contributed by atoms with Crippen LogP contribution in [0.2, 0.25) is 0 Å². The third-order valence-corrected chi connectivity index (χ3v) is 4.19. The molecule has 2 aromatic carbocycles. The van der Waals surface area contributed by atoms with E-state index in [0.29, 0.717) is 0 Å². The number of hydrogen-bond acceptors (Lipinski definition) is 1. The van der Waals surface area contributed by atoms with Crippen LogP contribution in [-0.4, -0.2) is 5.78 Å². The average molecular weight is 390 g/mol. The second-order valence-corrected chi connectivity index (χ2v) is 5.56. The van der Waals surface area contributed by atoms with Crippen LogP contribution in [0.1, 0.15) is 15.9 Å². The minimum Gasteiger partial charge on any atom is -0.294 e. The fraction of sp³-hybridized carbons (Fsp3) is 0.0714. The standard InChI is InChI=1S/C14H8Br2F2O/c15-10-4-2-1-3-8(10)7-12(19)9-5-6-11(17)14(18)13(9)16/h1-6H,7H2. The monoisotopic (exact) mass is 388 g/mol. The number of carbonyl (C=O) groups is 1. The Morgan fingerprint density at radius 1 is 1.05 bits per heavy atom. The molecule has 0 atom stereocenters. The van der Waals surface area contributed by atoms with Crippen molar-refractivity contribution in [3.63, 3.8) is 0 Å². The lowest BCUT2D eigenvalue weighted by Gasteiger charge is -2.07. The lowest BCUT2D eigenvalue weighted by atomic mass is 10.0. The first kappa shape index (κ1) is 14.3. The first-order chi connectivity index (χ1) is 9.00. The lowest BCUT2D eigenvalue weighted by molar-refractivity contribution is 0.0991. The van der Waals surface area contributed by atoms with Crippen LogP contribution < -0.4 is 0 Å². The molecule has 0 saturated heterocycles. The normalized spacial score (nSPS) is 10.5. The number of halogens is 4. The van der Waals surface area contributed by atoms with Crippen LogP contribution in [0, 0.1) is 11.6 Å². The summed E-state index contributed by atoms with van der Waals surface area (Å²) < 4.78 is 27.0. The van der Waals surface area contributed by atoms with E-state index in [-0.39, 0.29) is 22.2 Å². The quantitative estimate of drug-likeness (QED) is 0.538. The highest BCUT2D eigenvalue weighted by molar-refractivity contribution is 9.10. The van der Waals surface area contributed by atoms with Crippen LogP contribution in [0.3, 0.4) is 0 Å². The molecular formula is C14H8Br2F2O. The Kier molecular flexibility index (Phi) is 4.47. The van der Waals surface area contributed by atoms with E-state index in [9.17, 15) is 13.6 Å². The van der Waals surface area contributed by atoms with E-state index in [0.717, 1.165) is 16.1 Å². The van der Waals surface area contributed by atoms with Gasteiger partial charge in [-0.25, -0.2) is 8.78 Å². The van der Waals surface area contributed by atoms with E-state index in [1.165, 1.54) is 6.07 Å². The van der Waals surface area contributed by atoms with Gasteiger partial charge in [0.05, 0.1) is 4.47 Å². The third kappa shape index (κ3) is 3.09. The van der Waals surface area contributed by atoms with E-state index in [4.69, 9.17) is 0 Å². The molecule has 0 saturated carbocycles. The zero-order valence-corrected chi connectivity index (χ0v) is 12.8. The fourth-order valence-corrected chi connectivity index (χ4v) is 2.62. The molecule has 0 bridgehead atoms. The van der Waals surface area contributed by atoms with E-state index in [1.54, 1.807) is 6.07 Å². The van der Waals surface area contributed by atoms with E-state index in [2.05, 4.69) is 31.9 Å². The Labute approximate surface area is 125 Å². The Morgan fingerprint density at radius 3 is 2.42 bits per heavy atom. The van der Waals surface area contributed by atoms with Crippen LogP contribution in [0.4, 0.5) is 8.78 Å². The first-order valence-corrected chi connectivity index (χ1v) is 6.99. The molecule has 2 aromatic rings. The van der Waals surface area contributed by atoms with Crippen molar-refractivity contribution in [1.82, 2.24) is 0 Å². The minimum absolute atomic E-state index is 0.116. The molecule has 5 heteroatoms. The summed E-state index contributed by atoms with van der Waals surface area (Å²) in [6.07, 6.45) is 0.116. The van der Waals surface area contributed by atoms with Gasteiger partial charge in [0.15, 0.2) is 17.4 Å². The molecule has 19 heavy (non-hydrogen) atoms. The first-order valence-electron chi connectivity index (χ1n) is 5.41. The molecule has 0 aliphatic rings. The number of Topliss-reactive ketones (excluding diaryl/α,β-unsaturated/α-hetero) is 1. The van der Waals surface area contributed by atoms with Crippen molar-refractivity contribution >= 4 is 37.6 Å². The largest absolute Gasteiger partial charge is 0.294 e. The van der Waals surface area contributed by atoms with E-state index >= 15 is 0 Å². The van der Waals surface area contributed by atoms with Crippen LogP contribution in [0.5, 0.6) is 0 Å². The maximum absolute atomic E-state index is 13.4. The van der Waals surface area contributed by atoms with Crippen molar-refractivity contribution in [1.29, 1.82) is 0 Å². The number of carbonyl (C=O) groups excluding carboxylic acids is 1. The number of ketones is 1. The molecule has 0 N–H and O–H groups in total. The molecule has 0 aromatic heterocycles. The summed E-state index contributed by atoms with van der Waals surface area (Å²) in [4.78, 5) is 12.1. The fourth-order valence-electron chi connectivity index (χ4n) is 1.65. The maximum atomic E-state index is 13.4. The van der Waals surface area contributed by atoms with Crippen molar-refractivity contribution < 1.29 is 13.6 Å². The molecule has 0 fully saturated rings. The highest BCUT2D eigenvalue weighted by Crippen LogP contribution is 2.25. The maximum Gasteiger partial charge on any atom is 0.173 e. The molecule has 0 spiro atoms. The van der Waals surface area contributed by atoms with Gasteiger partial charge >= 0.3 is 0 Å². The highest BCUT2D eigenvalue weighted by Gasteiger charge is 2.17. The average Bonchev–Trinajstić information content (AvgIpc) is 2.39. The molecule has 0 unspecified atom stereocenters. The highest BCUT2D eigenvalue weighted by atomic mass is 79.9. The summed E-state index contributed by atoms with van der Waals surface area (Å²) in [5, 5.41) is 0. The van der Waals surface area contributed by atoms with Gasteiger partial charge in [-0.15, -0.1) is 0 Å². The van der Waals surface area contributed by atoms with Crippen molar-refractivity contribution in [3.8, 4) is 0 Å². The van der Waals surface area contributed by atoms with Crippen LogP contribution in [0.15, 0.2) is 45.3 Å². The second-order valence-electron chi connectivity index (χ2n) is 3.91. The number of rotatable bonds is 3. The van der Waals surface area contributed by atoms with Crippen LogP contribution >= 0.6 is 31.9 Å². The zero-order valence-electron chi connectivity index (χ0n) is 9.59. The number of benzene rings is 2. The van der Waals surface area contributed by atoms with Gasteiger partial charge in [-0.05, 0) is 39.7 Å². The van der Waals surface area contributed by atoms with Crippen LogP contribution in [-0.2, 0) is 6.42 Å². The topological polar surface area (TPSA) is 17.1 Å². The summed E-state index contributed by atoms with van der Waals surface area (Å²) in [6, 6.07) is 9.51. The van der Waals surface area contributed by atoms with Gasteiger partial charge in [0, 0.05) is 16.5 Å². The third-order valence-electron chi connectivity index (χ3n) is 2.64. The Morgan fingerprint density at radius 2 is 1.74 bits per heavy atom. The molecule has 1 nitrogen and oxygen atoms in total. The van der Waals surface area contributed by atoms with Crippen molar-refractivity contribution in [3.05, 3.63) is 68.1 Å². The van der Waals surface area contributed by atoms with Crippen molar-refractivity contribution in [2.45, 2.75) is 6.42 Å². The van der Waals surface area contributed by atoms with Crippen LogP contribution in [0.25, 0.3) is 0 Å². The Hall–Kier alpha value is -1.07. The summed E-state index contributed by atoms with van der Waals surface area (Å²) >= 11 is 6.26. The summed E-state index contributed by atoms with van der Waals surface area (Å²) in [7, 11) is 0. The van der Waals surface area contributed by atoms with Crippen molar-refractivity contribution in [2.24, 2.45) is 0 Å². The molecular weight excluding hydrogens is 382 g/mol.